The molecule has 1 saturated carbocycles. The van der Waals surface area contributed by atoms with Gasteiger partial charge in [-0.1, -0.05) is 18.9 Å². The molecule has 7 heteroatoms. The van der Waals surface area contributed by atoms with Crippen LogP contribution in [0.5, 0.6) is 0 Å². The molecule has 124 valence electrons. The number of carboxylic acid groups (broad SMARTS) is 1. The number of carbonyl (C=O) groups is 2. The van der Waals surface area contributed by atoms with Gasteiger partial charge in [0.1, 0.15) is 0 Å². The summed E-state index contributed by atoms with van der Waals surface area (Å²) in [4.78, 5) is 34.0. The van der Waals surface area contributed by atoms with Crippen LogP contribution < -0.4 is 5.32 Å². The zero-order valence-electron chi connectivity index (χ0n) is 12.9. The fourth-order valence-electron chi connectivity index (χ4n) is 3.16. The van der Waals surface area contributed by atoms with Crippen LogP contribution in [-0.4, -0.2) is 28.5 Å². The first-order valence-corrected chi connectivity index (χ1v) is 7.66. The first kappa shape index (κ1) is 16.9. The molecule has 0 unspecified atom stereocenters. The van der Waals surface area contributed by atoms with E-state index < -0.39 is 22.7 Å². The molecule has 1 aromatic carbocycles. The van der Waals surface area contributed by atoms with Crippen molar-refractivity contribution in [1.29, 1.82) is 0 Å². The lowest BCUT2D eigenvalue weighted by molar-refractivity contribution is -0.385. The van der Waals surface area contributed by atoms with Crippen LogP contribution in [0.25, 0.3) is 0 Å². The third-order valence-corrected chi connectivity index (χ3v) is 4.50. The molecule has 1 aliphatic rings. The van der Waals surface area contributed by atoms with E-state index in [1.807, 2.05) is 0 Å². The van der Waals surface area contributed by atoms with Crippen LogP contribution in [0.4, 0.5) is 5.69 Å². The van der Waals surface area contributed by atoms with Crippen LogP contribution in [-0.2, 0) is 4.79 Å². The van der Waals surface area contributed by atoms with Gasteiger partial charge in [0, 0.05) is 23.7 Å². The Morgan fingerprint density at radius 1 is 1.35 bits per heavy atom. The average Bonchev–Trinajstić information content (AvgIpc) is 2.52. The molecule has 2 N–H and O–H groups in total. The van der Waals surface area contributed by atoms with E-state index in [0.717, 1.165) is 19.3 Å². The molecule has 1 aromatic rings. The number of nitrogens with zero attached hydrogens (tertiary/aromatic N) is 1. The lowest BCUT2D eigenvalue weighted by Gasteiger charge is -2.28. The zero-order chi connectivity index (χ0) is 17.0. The molecule has 0 heterocycles. The van der Waals surface area contributed by atoms with Crippen LogP contribution >= 0.6 is 0 Å². The van der Waals surface area contributed by atoms with Crippen molar-refractivity contribution in [2.75, 3.05) is 6.54 Å². The van der Waals surface area contributed by atoms with Crippen LogP contribution in [0.3, 0.4) is 0 Å². The maximum Gasteiger partial charge on any atom is 0.306 e. The normalized spacial score (nSPS) is 20.7. The predicted molar refractivity (Wildman–Crippen MR) is 83.3 cm³/mol. The number of aliphatic carboxylic acids is 1. The molecule has 7 nitrogen and oxygen atoms in total. The van der Waals surface area contributed by atoms with E-state index in [2.05, 4.69) is 5.32 Å². The van der Waals surface area contributed by atoms with E-state index in [4.69, 9.17) is 0 Å². The summed E-state index contributed by atoms with van der Waals surface area (Å²) in [5.41, 5.74) is 0.467. The molecule has 1 amide bonds. The summed E-state index contributed by atoms with van der Waals surface area (Å²) in [5, 5.41) is 22.9. The van der Waals surface area contributed by atoms with E-state index in [9.17, 15) is 24.8 Å². The SMILES string of the molecule is Cc1c(C(=O)NC[C@@H]2CCCC[C@@H]2C(=O)O)cccc1[N+](=O)[O-]. The molecule has 0 aromatic heterocycles. The second-order valence-corrected chi connectivity index (χ2v) is 5.91. The fourth-order valence-corrected chi connectivity index (χ4v) is 3.16. The Morgan fingerprint density at radius 3 is 2.70 bits per heavy atom. The summed E-state index contributed by atoms with van der Waals surface area (Å²) in [7, 11) is 0. The second-order valence-electron chi connectivity index (χ2n) is 5.91. The summed E-state index contributed by atoms with van der Waals surface area (Å²) in [6.07, 6.45) is 3.25. The maximum atomic E-state index is 12.3. The minimum atomic E-state index is -0.824. The van der Waals surface area contributed by atoms with Crippen molar-refractivity contribution >= 4 is 17.6 Å². The van der Waals surface area contributed by atoms with Crippen LogP contribution in [0.1, 0.15) is 41.6 Å². The minimum Gasteiger partial charge on any atom is -0.481 e. The third-order valence-electron chi connectivity index (χ3n) is 4.50. The quantitative estimate of drug-likeness (QED) is 0.640. The van der Waals surface area contributed by atoms with Gasteiger partial charge >= 0.3 is 5.97 Å². The van der Waals surface area contributed by atoms with Gasteiger partial charge < -0.3 is 10.4 Å². The molecule has 0 radical (unpaired) electrons. The Hall–Kier alpha value is -2.44. The molecule has 0 saturated heterocycles. The molecule has 1 aliphatic carbocycles. The number of hydrogen-bond acceptors (Lipinski definition) is 4. The van der Waals surface area contributed by atoms with Gasteiger partial charge in [-0.25, -0.2) is 0 Å². The highest BCUT2D eigenvalue weighted by atomic mass is 16.6. The minimum absolute atomic E-state index is 0.0933. The number of amides is 1. The number of nitrogens with one attached hydrogen (secondary N) is 1. The molecule has 23 heavy (non-hydrogen) atoms. The van der Waals surface area contributed by atoms with Crippen molar-refractivity contribution in [3.63, 3.8) is 0 Å². The average molecular weight is 320 g/mol. The Labute approximate surface area is 133 Å². The summed E-state index contributed by atoms with van der Waals surface area (Å²) >= 11 is 0. The first-order chi connectivity index (χ1) is 10.9. The molecule has 0 aliphatic heterocycles. The van der Waals surface area contributed by atoms with Crippen LogP contribution in [0.15, 0.2) is 18.2 Å². The van der Waals surface area contributed by atoms with Crippen LogP contribution in [0.2, 0.25) is 0 Å². The molecule has 0 bridgehead atoms. The van der Waals surface area contributed by atoms with E-state index >= 15 is 0 Å². The Bertz CT molecular complexity index is 629. The molecule has 2 atom stereocenters. The van der Waals surface area contributed by atoms with Gasteiger partial charge in [-0.15, -0.1) is 0 Å². The Kier molecular flexibility index (Phi) is 5.31. The predicted octanol–water partition coefficient (Wildman–Crippen LogP) is 2.52. The summed E-state index contributed by atoms with van der Waals surface area (Å²) in [5.74, 6) is -1.75. The number of carboxylic acids is 1. The highest BCUT2D eigenvalue weighted by Gasteiger charge is 2.31. The number of hydrogen-bond donors (Lipinski definition) is 2. The van der Waals surface area contributed by atoms with Gasteiger partial charge in [0.25, 0.3) is 11.6 Å². The maximum absolute atomic E-state index is 12.3. The zero-order valence-corrected chi connectivity index (χ0v) is 12.9. The van der Waals surface area contributed by atoms with Crippen LogP contribution in [0, 0.1) is 28.9 Å². The highest BCUT2D eigenvalue weighted by Crippen LogP contribution is 2.30. The third kappa shape index (κ3) is 3.85. The molecular weight excluding hydrogens is 300 g/mol. The molecule has 0 spiro atoms. The highest BCUT2D eigenvalue weighted by molar-refractivity contribution is 5.96. The molecule has 1 fully saturated rings. The van der Waals surface area contributed by atoms with Crippen molar-refractivity contribution in [3.05, 3.63) is 39.4 Å². The van der Waals surface area contributed by atoms with E-state index in [0.29, 0.717) is 12.0 Å². The molecule has 2 rings (SSSR count). The topological polar surface area (TPSA) is 110 Å². The summed E-state index contributed by atoms with van der Waals surface area (Å²) < 4.78 is 0. The number of nitro benzene ring substituents is 1. The van der Waals surface area contributed by atoms with Crippen molar-refractivity contribution in [1.82, 2.24) is 5.32 Å². The summed E-state index contributed by atoms with van der Waals surface area (Å²) in [6.45, 7) is 1.81. The lowest BCUT2D eigenvalue weighted by atomic mass is 9.79. The van der Waals surface area contributed by atoms with Gasteiger partial charge in [-0.3, -0.25) is 19.7 Å². The van der Waals surface area contributed by atoms with E-state index in [1.165, 1.54) is 25.1 Å². The molecular formula is C16H20N2O5. The smallest absolute Gasteiger partial charge is 0.306 e. The number of nitro groups is 1. The van der Waals surface area contributed by atoms with Gasteiger partial charge in [-0.05, 0) is 31.7 Å². The van der Waals surface area contributed by atoms with Gasteiger partial charge in [-0.2, -0.15) is 0 Å². The fraction of sp³-hybridized carbons (Fsp3) is 0.500. The summed E-state index contributed by atoms with van der Waals surface area (Å²) in [6, 6.07) is 4.36. The number of rotatable bonds is 5. The van der Waals surface area contributed by atoms with E-state index in [-0.39, 0.29) is 23.7 Å². The lowest BCUT2D eigenvalue weighted by Crippen LogP contribution is -2.37. The monoisotopic (exact) mass is 320 g/mol. The first-order valence-electron chi connectivity index (χ1n) is 7.66. The van der Waals surface area contributed by atoms with Crippen molar-refractivity contribution < 1.29 is 19.6 Å². The van der Waals surface area contributed by atoms with Crippen molar-refractivity contribution in [3.8, 4) is 0 Å². The largest absolute Gasteiger partial charge is 0.481 e. The van der Waals surface area contributed by atoms with E-state index in [1.54, 1.807) is 0 Å². The number of carbonyl (C=O) groups excluding carboxylic acids is 1. The van der Waals surface area contributed by atoms with Gasteiger partial charge in [0.05, 0.1) is 10.8 Å². The second kappa shape index (κ2) is 7.21. The van der Waals surface area contributed by atoms with Crippen molar-refractivity contribution in [2.24, 2.45) is 11.8 Å². The Morgan fingerprint density at radius 2 is 2.04 bits per heavy atom. The Balaban J connectivity index is 2.06. The van der Waals surface area contributed by atoms with Crippen molar-refractivity contribution in [2.45, 2.75) is 32.6 Å². The van der Waals surface area contributed by atoms with Gasteiger partial charge in [0.2, 0.25) is 0 Å². The van der Waals surface area contributed by atoms with Gasteiger partial charge in [0.15, 0.2) is 0 Å². The standard InChI is InChI=1S/C16H20N2O5/c1-10-12(7-4-8-14(10)18(22)23)15(19)17-9-11-5-2-3-6-13(11)16(20)21/h4,7-8,11,13H,2-3,5-6,9H2,1H3,(H,17,19)(H,20,21)/t11-,13-/m0/s1. The number of benzene rings is 1.